The standard InChI is InChI=1S/C18H20O3/c1-20-18-8-3-2-5-14(18)12-21-15-10-9-13-6-4-7-17(19)16(13)11-15/h2-3,5,8-11,17,19H,4,6-7,12H2,1H3/t17-/m1/s1. The molecule has 3 heteroatoms. The number of rotatable bonds is 4. The molecule has 0 bridgehead atoms. The summed E-state index contributed by atoms with van der Waals surface area (Å²) in [5, 5.41) is 10.1. The van der Waals surface area contributed by atoms with Crippen LogP contribution in [0.1, 0.15) is 35.6 Å². The minimum Gasteiger partial charge on any atom is -0.496 e. The largest absolute Gasteiger partial charge is 0.496 e. The smallest absolute Gasteiger partial charge is 0.125 e. The van der Waals surface area contributed by atoms with E-state index in [1.54, 1.807) is 7.11 Å². The van der Waals surface area contributed by atoms with Crippen LogP contribution in [0.3, 0.4) is 0 Å². The van der Waals surface area contributed by atoms with Gasteiger partial charge in [0.25, 0.3) is 0 Å². The third-order valence-electron chi connectivity index (χ3n) is 3.99. The zero-order chi connectivity index (χ0) is 14.7. The number of aryl methyl sites for hydroxylation is 1. The molecular formula is C18H20O3. The van der Waals surface area contributed by atoms with E-state index in [9.17, 15) is 5.11 Å². The van der Waals surface area contributed by atoms with E-state index in [1.807, 2.05) is 36.4 Å². The first-order valence-electron chi connectivity index (χ1n) is 7.33. The Morgan fingerprint density at radius 3 is 2.90 bits per heavy atom. The first kappa shape index (κ1) is 14.0. The quantitative estimate of drug-likeness (QED) is 0.931. The Kier molecular flexibility index (Phi) is 4.11. The van der Waals surface area contributed by atoms with Gasteiger partial charge in [0, 0.05) is 5.56 Å². The molecule has 0 unspecified atom stereocenters. The van der Waals surface area contributed by atoms with Crippen molar-refractivity contribution in [3.05, 3.63) is 59.2 Å². The van der Waals surface area contributed by atoms with Crippen LogP contribution in [0.15, 0.2) is 42.5 Å². The Labute approximate surface area is 125 Å². The van der Waals surface area contributed by atoms with Crippen LogP contribution in [0.5, 0.6) is 11.5 Å². The Morgan fingerprint density at radius 1 is 1.19 bits per heavy atom. The molecule has 2 aromatic carbocycles. The van der Waals surface area contributed by atoms with Crippen molar-refractivity contribution in [2.45, 2.75) is 32.0 Å². The van der Waals surface area contributed by atoms with Crippen LogP contribution in [-0.4, -0.2) is 12.2 Å². The van der Waals surface area contributed by atoms with E-state index in [0.29, 0.717) is 6.61 Å². The van der Waals surface area contributed by atoms with Gasteiger partial charge in [-0.25, -0.2) is 0 Å². The zero-order valence-corrected chi connectivity index (χ0v) is 12.2. The van der Waals surface area contributed by atoms with Crippen LogP contribution in [0, 0.1) is 0 Å². The van der Waals surface area contributed by atoms with Crippen molar-refractivity contribution in [1.82, 2.24) is 0 Å². The van der Waals surface area contributed by atoms with Gasteiger partial charge in [-0.1, -0.05) is 24.3 Å². The fourth-order valence-electron chi connectivity index (χ4n) is 2.83. The van der Waals surface area contributed by atoms with E-state index in [2.05, 4.69) is 6.07 Å². The molecule has 0 amide bonds. The molecule has 0 fully saturated rings. The van der Waals surface area contributed by atoms with Crippen LogP contribution in [0.25, 0.3) is 0 Å². The highest BCUT2D eigenvalue weighted by Gasteiger charge is 2.18. The maximum Gasteiger partial charge on any atom is 0.125 e. The molecule has 0 radical (unpaired) electrons. The average molecular weight is 284 g/mol. The van der Waals surface area contributed by atoms with Crippen molar-refractivity contribution in [2.24, 2.45) is 0 Å². The summed E-state index contributed by atoms with van der Waals surface area (Å²) in [6.07, 6.45) is 2.57. The van der Waals surface area contributed by atoms with Gasteiger partial charge >= 0.3 is 0 Å². The summed E-state index contributed by atoms with van der Waals surface area (Å²) in [7, 11) is 1.66. The molecule has 0 spiro atoms. The first-order chi connectivity index (χ1) is 10.3. The number of hydrogen-bond acceptors (Lipinski definition) is 3. The van der Waals surface area contributed by atoms with E-state index in [-0.39, 0.29) is 6.10 Å². The highest BCUT2D eigenvalue weighted by Crippen LogP contribution is 2.32. The van der Waals surface area contributed by atoms with Gasteiger partial charge in [0.2, 0.25) is 0 Å². The van der Waals surface area contributed by atoms with E-state index in [1.165, 1.54) is 5.56 Å². The second kappa shape index (κ2) is 6.19. The molecule has 0 aliphatic heterocycles. The van der Waals surface area contributed by atoms with Gasteiger partial charge in [0.05, 0.1) is 13.2 Å². The lowest BCUT2D eigenvalue weighted by atomic mass is 9.89. The normalized spacial score (nSPS) is 17.1. The monoisotopic (exact) mass is 284 g/mol. The third kappa shape index (κ3) is 3.03. The molecule has 110 valence electrons. The number of aliphatic hydroxyl groups is 1. The Morgan fingerprint density at radius 2 is 2.05 bits per heavy atom. The minimum atomic E-state index is -0.358. The van der Waals surface area contributed by atoms with Crippen molar-refractivity contribution >= 4 is 0 Å². The molecule has 1 aliphatic carbocycles. The lowest BCUT2D eigenvalue weighted by Crippen LogP contribution is -2.09. The topological polar surface area (TPSA) is 38.7 Å². The maximum atomic E-state index is 10.1. The van der Waals surface area contributed by atoms with Gasteiger partial charge in [-0.3, -0.25) is 0 Å². The molecule has 0 aromatic heterocycles. The number of aliphatic hydroxyl groups excluding tert-OH is 1. The number of para-hydroxylation sites is 1. The van der Waals surface area contributed by atoms with E-state index in [0.717, 1.165) is 41.9 Å². The fraction of sp³-hybridized carbons (Fsp3) is 0.333. The number of methoxy groups -OCH3 is 1. The van der Waals surface area contributed by atoms with E-state index >= 15 is 0 Å². The van der Waals surface area contributed by atoms with Crippen LogP contribution in [0.2, 0.25) is 0 Å². The summed E-state index contributed by atoms with van der Waals surface area (Å²) in [6.45, 7) is 0.457. The number of benzene rings is 2. The van der Waals surface area contributed by atoms with Crippen LogP contribution in [-0.2, 0) is 13.0 Å². The van der Waals surface area contributed by atoms with Crippen molar-refractivity contribution in [3.8, 4) is 11.5 Å². The minimum absolute atomic E-state index is 0.358. The predicted molar refractivity (Wildman–Crippen MR) is 81.7 cm³/mol. The summed E-state index contributed by atoms with van der Waals surface area (Å²) in [6, 6.07) is 13.8. The summed E-state index contributed by atoms with van der Waals surface area (Å²) in [4.78, 5) is 0. The van der Waals surface area contributed by atoms with Crippen molar-refractivity contribution in [1.29, 1.82) is 0 Å². The average Bonchev–Trinajstić information content (AvgIpc) is 2.54. The second-order valence-corrected chi connectivity index (χ2v) is 5.37. The summed E-state index contributed by atoms with van der Waals surface area (Å²) >= 11 is 0. The molecule has 21 heavy (non-hydrogen) atoms. The number of ether oxygens (including phenoxy) is 2. The molecule has 1 aliphatic rings. The molecule has 1 N–H and O–H groups in total. The molecular weight excluding hydrogens is 264 g/mol. The lowest BCUT2D eigenvalue weighted by Gasteiger charge is -2.22. The Bertz CT molecular complexity index is 622. The molecule has 3 nitrogen and oxygen atoms in total. The highest BCUT2D eigenvalue weighted by atomic mass is 16.5. The Balaban J connectivity index is 1.75. The third-order valence-corrected chi connectivity index (χ3v) is 3.99. The van der Waals surface area contributed by atoms with Gasteiger partial charge in [-0.05, 0) is 48.6 Å². The molecule has 2 aromatic rings. The van der Waals surface area contributed by atoms with Gasteiger partial charge in [0.15, 0.2) is 0 Å². The first-order valence-corrected chi connectivity index (χ1v) is 7.33. The van der Waals surface area contributed by atoms with Crippen molar-refractivity contribution in [2.75, 3.05) is 7.11 Å². The lowest BCUT2D eigenvalue weighted by molar-refractivity contribution is 0.156. The van der Waals surface area contributed by atoms with Gasteiger partial charge < -0.3 is 14.6 Å². The molecule has 3 rings (SSSR count). The van der Waals surface area contributed by atoms with Crippen LogP contribution < -0.4 is 9.47 Å². The maximum absolute atomic E-state index is 10.1. The number of hydrogen-bond donors (Lipinski definition) is 1. The predicted octanol–water partition coefficient (Wildman–Crippen LogP) is 3.64. The second-order valence-electron chi connectivity index (χ2n) is 5.37. The highest BCUT2D eigenvalue weighted by molar-refractivity contribution is 5.39. The SMILES string of the molecule is COc1ccccc1COc1ccc2c(c1)[C@H](O)CCC2. The fourth-order valence-corrected chi connectivity index (χ4v) is 2.83. The van der Waals surface area contributed by atoms with E-state index in [4.69, 9.17) is 9.47 Å². The van der Waals surface area contributed by atoms with Gasteiger partial charge in [-0.15, -0.1) is 0 Å². The molecule has 0 saturated carbocycles. The molecule has 0 saturated heterocycles. The van der Waals surface area contributed by atoms with Crippen molar-refractivity contribution < 1.29 is 14.6 Å². The summed E-state index contributed by atoms with van der Waals surface area (Å²) in [5.74, 6) is 1.62. The molecule has 0 heterocycles. The molecule has 1 atom stereocenters. The van der Waals surface area contributed by atoms with Gasteiger partial charge in [0.1, 0.15) is 18.1 Å². The van der Waals surface area contributed by atoms with E-state index < -0.39 is 0 Å². The van der Waals surface area contributed by atoms with Gasteiger partial charge in [-0.2, -0.15) is 0 Å². The van der Waals surface area contributed by atoms with Crippen LogP contribution in [0.4, 0.5) is 0 Å². The summed E-state index contributed by atoms with van der Waals surface area (Å²) < 4.78 is 11.2. The van der Waals surface area contributed by atoms with Crippen molar-refractivity contribution in [3.63, 3.8) is 0 Å². The zero-order valence-electron chi connectivity index (χ0n) is 12.2. The summed E-state index contributed by atoms with van der Waals surface area (Å²) in [5.41, 5.74) is 3.26. The Hall–Kier alpha value is -2.00. The number of fused-ring (bicyclic) bond motifs is 1. The van der Waals surface area contributed by atoms with Crippen LogP contribution >= 0.6 is 0 Å².